The average molecular weight is 667 g/mol. The monoisotopic (exact) mass is 666 g/mol. The molecular weight excluding hydrogens is 633 g/mol. The second kappa shape index (κ2) is 11.7. The molecule has 246 valence electrons. The average Bonchev–Trinajstić information content (AvgIpc) is 3.65. The Morgan fingerprint density at radius 3 is 1.71 bits per heavy atom. The van der Waals surface area contributed by atoms with Gasteiger partial charge in [0.2, 0.25) is 0 Å². The molecule has 4 nitrogen and oxygen atoms in total. The summed E-state index contributed by atoms with van der Waals surface area (Å²) < 4.78 is 2.39. The van der Waals surface area contributed by atoms with Gasteiger partial charge in [0.05, 0.1) is 11.0 Å². The fourth-order valence-electron chi connectivity index (χ4n) is 8.02. The van der Waals surface area contributed by atoms with E-state index in [9.17, 15) is 0 Å². The van der Waals surface area contributed by atoms with E-state index in [0.717, 1.165) is 33.5 Å². The molecule has 0 aliphatic heterocycles. The van der Waals surface area contributed by atoms with Crippen LogP contribution in [0.4, 0.5) is 0 Å². The first kappa shape index (κ1) is 30.2. The van der Waals surface area contributed by atoms with Crippen LogP contribution in [-0.2, 0) is 5.41 Å². The number of benzene rings is 7. The minimum Gasteiger partial charge on any atom is -0.309 e. The van der Waals surface area contributed by atoms with Gasteiger partial charge >= 0.3 is 0 Å². The van der Waals surface area contributed by atoms with E-state index in [1.165, 1.54) is 44.1 Å². The molecule has 0 fully saturated rings. The van der Waals surface area contributed by atoms with Crippen molar-refractivity contribution >= 4 is 21.8 Å². The zero-order chi connectivity index (χ0) is 34.8. The predicted octanol–water partition coefficient (Wildman–Crippen LogP) is 11.9. The lowest BCUT2D eigenvalue weighted by molar-refractivity contribution is 0.661. The second-order valence-electron chi connectivity index (χ2n) is 14.1. The highest BCUT2D eigenvalue weighted by Gasteiger charge is 2.36. The van der Waals surface area contributed by atoms with Crippen molar-refractivity contribution < 1.29 is 0 Å². The van der Waals surface area contributed by atoms with Gasteiger partial charge in [-0.25, -0.2) is 15.0 Å². The molecule has 0 amide bonds. The van der Waals surface area contributed by atoms with Crippen LogP contribution >= 0.6 is 0 Å². The summed E-state index contributed by atoms with van der Waals surface area (Å²) in [6.45, 7) is 4.69. The third-order valence-corrected chi connectivity index (χ3v) is 10.7. The Bertz CT molecular complexity index is 2800. The summed E-state index contributed by atoms with van der Waals surface area (Å²) in [6, 6.07) is 60.0. The van der Waals surface area contributed by atoms with Crippen LogP contribution in [0.25, 0.3) is 83.9 Å². The first-order valence-corrected chi connectivity index (χ1v) is 17.8. The molecule has 0 saturated heterocycles. The quantitative estimate of drug-likeness (QED) is 0.184. The van der Waals surface area contributed by atoms with Gasteiger partial charge in [-0.05, 0) is 81.9 Å². The van der Waals surface area contributed by atoms with Gasteiger partial charge in [0.25, 0.3) is 0 Å². The molecule has 0 N–H and O–H groups in total. The fourth-order valence-corrected chi connectivity index (χ4v) is 8.02. The van der Waals surface area contributed by atoms with Gasteiger partial charge in [-0.2, -0.15) is 0 Å². The summed E-state index contributed by atoms with van der Waals surface area (Å²) in [5, 5.41) is 2.52. The molecule has 7 aromatic carbocycles. The van der Waals surface area contributed by atoms with E-state index in [4.69, 9.17) is 15.0 Å². The third-order valence-electron chi connectivity index (χ3n) is 10.7. The van der Waals surface area contributed by atoms with Crippen LogP contribution in [0.1, 0.15) is 25.0 Å². The number of para-hydroxylation sites is 1. The zero-order valence-corrected chi connectivity index (χ0v) is 29.0. The minimum atomic E-state index is -0.0597. The first-order chi connectivity index (χ1) is 25.5. The lowest BCUT2D eigenvalue weighted by Crippen LogP contribution is -2.14. The van der Waals surface area contributed by atoms with Crippen molar-refractivity contribution in [2.24, 2.45) is 0 Å². The number of aromatic nitrogens is 4. The number of fused-ring (bicyclic) bond motifs is 6. The number of nitrogens with zero attached hydrogens (tertiary/aromatic N) is 4. The van der Waals surface area contributed by atoms with E-state index >= 15 is 0 Å². The fraction of sp³-hybridized carbons (Fsp3) is 0.0625. The Morgan fingerprint density at radius 1 is 0.385 bits per heavy atom. The topological polar surface area (TPSA) is 43.6 Å². The van der Waals surface area contributed by atoms with Crippen molar-refractivity contribution in [2.45, 2.75) is 19.3 Å². The summed E-state index contributed by atoms with van der Waals surface area (Å²) in [5.74, 6) is 1.93. The first-order valence-electron chi connectivity index (χ1n) is 17.8. The van der Waals surface area contributed by atoms with E-state index in [0.29, 0.717) is 17.5 Å². The Hall–Kier alpha value is -6.65. The van der Waals surface area contributed by atoms with Gasteiger partial charge in [-0.15, -0.1) is 0 Å². The minimum absolute atomic E-state index is 0.0597. The Kier molecular flexibility index (Phi) is 6.80. The van der Waals surface area contributed by atoms with Crippen LogP contribution < -0.4 is 0 Å². The summed E-state index contributed by atoms with van der Waals surface area (Å²) >= 11 is 0. The Morgan fingerprint density at radius 2 is 0.962 bits per heavy atom. The standard InChI is InChI=1S/C48H34N4/c1-48(2)41-22-11-9-20-37(41)39-30-44-40(29-42(39)48)38-21-10-12-23-43(38)52(44)36-26-24-33(25-27-36)46-49-45(32-16-7-4-8-17-32)50-47(51-46)35-19-13-18-34(28-35)31-14-5-3-6-15-31/h3-30H,1-2H3. The number of hydrogen-bond donors (Lipinski definition) is 0. The van der Waals surface area contributed by atoms with E-state index in [1.54, 1.807) is 0 Å². The largest absolute Gasteiger partial charge is 0.309 e. The second-order valence-corrected chi connectivity index (χ2v) is 14.1. The van der Waals surface area contributed by atoms with E-state index < -0.39 is 0 Å². The maximum absolute atomic E-state index is 5.07. The number of hydrogen-bond acceptors (Lipinski definition) is 3. The SMILES string of the molecule is CC1(C)c2ccccc2-c2cc3c(cc21)c1ccccc1n3-c1ccc(-c2nc(-c3ccccc3)nc(-c3cccc(-c4ccccc4)c3)n2)cc1. The molecule has 1 aliphatic rings. The lowest BCUT2D eigenvalue weighted by Gasteiger charge is -2.21. The normalized spacial score (nSPS) is 13.0. The smallest absolute Gasteiger partial charge is 0.164 e. The molecular formula is C48H34N4. The van der Waals surface area contributed by atoms with Gasteiger partial charge in [0, 0.05) is 38.6 Å². The molecule has 4 heteroatoms. The van der Waals surface area contributed by atoms with Crippen molar-refractivity contribution in [1.82, 2.24) is 19.5 Å². The summed E-state index contributed by atoms with van der Waals surface area (Å²) in [5.41, 5.74) is 13.9. The van der Waals surface area contributed by atoms with Crippen LogP contribution in [0.2, 0.25) is 0 Å². The van der Waals surface area contributed by atoms with Crippen molar-refractivity contribution in [3.63, 3.8) is 0 Å². The third kappa shape index (κ3) is 4.79. The molecule has 2 heterocycles. The van der Waals surface area contributed by atoms with E-state index in [2.05, 4.69) is 152 Å². The molecule has 9 aromatic rings. The van der Waals surface area contributed by atoms with Gasteiger partial charge in [0.1, 0.15) is 0 Å². The lowest BCUT2D eigenvalue weighted by atomic mass is 9.82. The van der Waals surface area contributed by atoms with Crippen LogP contribution in [0.3, 0.4) is 0 Å². The van der Waals surface area contributed by atoms with Gasteiger partial charge < -0.3 is 4.57 Å². The van der Waals surface area contributed by atoms with Crippen molar-refractivity contribution in [1.29, 1.82) is 0 Å². The molecule has 0 spiro atoms. The summed E-state index contributed by atoms with van der Waals surface area (Å²) in [4.78, 5) is 15.1. The van der Waals surface area contributed by atoms with Crippen molar-refractivity contribution in [3.8, 4) is 62.1 Å². The van der Waals surface area contributed by atoms with Crippen LogP contribution in [0.5, 0.6) is 0 Å². The molecule has 0 saturated carbocycles. The molecule has 52 heavy (non-hydrogen) atoms. The number of rotatable bonds is 5. The molecule has 10 rings (SSSR count). The van der Waals surface area contributed by atoms with Crippen molar-refractivity contribution in [3.05, 3.63) is 181 Å². The highest BCUT2D eigenvalue weighted by Crippen LogP contribution is 2.51. The van der Waals surface area contributed by atoms with Crippen molar-refractivity contribution in [2.75, 3.05) is 0 Å². The zero-order valence-electron chi connectivity index (χ0n) is 29.0. The predicted molar refractivity (Wildman–Crippen MR) is 213 cm³/mol. The molecule has 0 atom stereocenters. The van der Waals surface area contributed by atoms with Crippen LogP contribution in [0, 0.1) is 0 Å². The molecule has 0 radical (unpaired) electrons. The summed E-state index contributed by atoms with van der Waals surface area (Å²) in [7, 11) is 0. The Labute approximate surface area is 302 Å². The van der Waals surface area contributed by atoms with E-state index in [1.807, 2.05) is 36.4 Å². The van der Waals surface area contributed by atoms with Crippen LogP contribution in [-0.4, -0.2) is 19.5 Å². The highest BCUT2D eigenvalue weighted by molar-refractivity contribution is 6.11. The van der Waals surface area contributed by atoms with Gasteiger partial charge in [-0.3, -0.25) is 0 Å². The summed E-state index contributed by atoms with van der Waals surface area (Å²) in [6.07, 6.45) is 0. The van der Waals surface area contributed by atoms with Gasteiger partial charge in [-0.1, -0.05) is 135 Å². The van der Waals surface area contributed by atoms with Gasteiger partial charge in [0.15, 0.2) is 17.5 Å². The maximum Gasteiger partial charge on any atom is 0.164 e. The molecule has 1 aliphatic carbocycles. The molecule has 0 unspecified atom stereocenters. The van der Waals surface area contributed by atoms with E-state index in [-0.39, 0.29) is 5.41 Å². The highest BCUT2D eigenvalue weighted by atomic mass is 15.0. The molecule has 0 bridgehead atoms. The van der Waals surface area contributed by atoms with Crippen LogP contribution in [0.15, 0.2) is 170 Å². The molecule has 2 aromatic heterocycles. The Balaban J connectivity index is 1.11. The maximum atomic E-state index is 5.07.